The Morgan fingerprint density at radius 1 is 1.12 bits per heavy atom. The number of amides is 1. The van der Waals surface area contributed by atoms with Crippen LogP contribution in [-0.4, -0.2) is 58.1 Å². The second-order valence-electron chi connectivity index (χ2n) is 7.86. The Bertz CT molecular complexity index is 1160. The van der Waals surface area contributed by atoms with E-state index in [0.717, 1.165) is 25.0 Å². The summed E-state index contributed by atoms with van der Waals surface area (Å²) in [5.74, 6) is -0.709. The summed E-state index contributed by atoms with van der Waals surface area (Å²) >= 11 is 0. The van der Waals surface area contributed by atoms with Crippen LogP contribution in [0, 0.1) is 0 Å². The number of piperazine rings is 1. The number of rotatable bonds is 4. The van der Waals surface area contributed by atoms with E-state index in [9.17, 15) is 18.0 Å². The van der Waals surface area contributed by atoms with Gasteiger partial charge in [0.2, 0.25) is 0 Å². The van der Waals surface area contributed by atoms with Crippen LogP contribution in [0.3, 0.4) is 0 Å². The summed E-state index contributed by atoms with van der Waals surface area (Å²) in [5.41, 5.74) is 0.286. The molecular formula is C21H22F3N7O2. The average molecular weight is 461 g/mol. The summed E-state index contributed by atoms with van der Waals surface area (Å²) in [6, 6.07) is 4.06. The highest BCUT2D eigenvalue weighted by Gasteiger charge is 2.33. The molecule has 2 aromatic heterocycles. The van der Waals surface area contributed by atoms with Crippen LogP contribution in [0.2, 0.25) is 0 Å². The molecule has 0 spiro atoms. The molecule has 33 heavy (non-hydrogen) atoms. The molecule has 0 aliphatic carbocycles. The number of anilines is 2. The van der Waals surface area contributed by atoms with Gasteiger partial charge >= 0.3 is 12.2 Å². The molecule has 12 heteroatoms. The fourth-order valence-corrected chi connectivity index (χ4v) is 3.89. The number of fused-ring (bicyclic) bond motifs is 1. The molecule has 0 radical (unpaired) electrons. The molecule has 1 aliphatic heterocycles. The second-order valence-corrected chi connectivity index (χ2v) is 7.86. The van der Waals surface area contributed by atoms with E-state index >= 15 is 0 Å². The van der Waals surface area contributed by atoms with Gasteiger partial charge in [-0.3, -0.25) is 4.79 Å². The molecule has 1 aliphatic rings. The number of carbonyl (C=O) groups is 1. The largest absolute Gasteiger partial charge is 0.467 e. The lowest BCUT2D eigenvalue weighted by Crippen LogP contribution is -2.54. The van der Waals surface area contributed by atoms with Crippen LogP contribution in [-0.2, 0) is 6.18 Å². The number of hydrogen-bond acceptors (Lipinski definition) is 8. The maximum absolute atomic E-state index is 13.0. The zero-order valence-electron chi connectivity index (χ0n) is 18.1. The van der Waals surface area contributed by atoms with Crippen LogP contribution in [0.1, 0.15) is 29.9 Å². The first-order chi connectivity index (χ1) is 15.7. The molecule has 2 N–H and O–H groups in total. The third-order valence-corrected chi connectivity index (χ3v) is 5.21. The third-order valence-electron chi connectivity index (χ3n) is 5.21. The molecule has 3 heterocycles. The minimum absolute atomic E-state index is 0.0880. The Hall–Kier alpha value is -3.54. The van der Waals surface area contributed by atoms with Crippen molar-refractivity contribution < 1.29 is 22.7 Å². The quantitative estimate of drug-likeness (QED) is 0.611. The Labute approximate surface area is 187 Å². The topological polar surface area (TPSA) is 105 Å². The first kappa shape index (κ1) is 22.6. The third kappa shape index (κ3) is 4.80. The molecule has 1 aromatic carbocycles. The zero-order chi connectivity index (χ0) is 23.8. The highest BCUT2D eigenvalue weighted by atomic mass is 19.4. The van der Waals surface area contributed by atoms with Gasteiger partial charge in [0.05, 0.1) is 30.6 Å². The second kappa shape index (κ2) is 8.77. The van der Waals surface area contributed by atoms with E-state index in [1.165, 1.54) is 7.11 Å². The standard InChI is InChI=1S/C21H22F3N7O2/c1-11-9-31(10-12(2)28-11)15-5-4-13(18-14(15)6-27-20(30-18)33-3)19(32)29-17-8-25-16(7-26-17)21(22,23)24/h4-8,11-12,28H,9-10H2,1-3H3,(H,26,29,32). The van der Waals surface area contributed by atoms with E-state index in [2.05, 4.69) is 49.3 Å². The molecule has 3 aromatic rings. The van der Waals surface area contributed by atoms with Crippen LogP contribution < -0.4 is 20.3 Å². The van der Waals surface area contributed by atoms with Crippen molar-refractivity contribution in [1.82, 2.24) is 25.3 Å². The summed E-state index contributed by atoms with van der Waals surface area (Å²) in [4.78, 5) is 30.7. The Kier molecular flexibility index (Phi) is 6.02. The monoisotopic (exact) mass is 461 g/mol. The van der Waals surface area contributed by atoms with E-state index in [0.29, 0.717) is 17.1 Å². The molecule has 1 saturated heterocycles. The SMILES string of the molecule is COc1ncc2c(N3CC(C)NC(C)C3)ccc(C(=O)Nc3cnc(C(F)(F)F)cn3)c2n1. The molecule has 9 nitrogen and oxygen atoms in total. The smallest absolute Gasteiger partial charge is 0.434 e. The van der Waals surface area contributed by atoms with E-state index < -0.39 is 17.8 Å². The molecule has 1 amide bonds. The van der Waals surface area contributed by atoms with Gasteiger partial charge in [0, 0.05) is 42.4 Å². The summed E-state index contributed by atoms with van der Waals surface area (Å²) in [5, 5.41) is 6.61. The van der Waals surface area contributed by atoms with Gasteiger partial charge in [-0.05, 0) is 26.0 Å². The summed E-state index contributed by atoms with van der Waals surface area (Å²) in [6.07, 6.45) is -1.60. The first-order valence-electron chi connectivity index (χ1n) is 10.2. The van der Waals surface area contributed by atoms with E-state index in [4.69, 9.17) is 4.74 Å². The number of hydrogen-bond donors (Lipinski definition) is 2. The number of ether oxygens (including phenoxy) is 1. The number of nitrogens with one attached hydrogen (secondary N) is 2. The van der Waals surface area contributed by atoms with Gasteiger partial charge < -0.3 is 20.3 Å². The van der Waals surface area contributed by atoms with Crippen LogP contribution in [0.25, 0.3) is 10.9 Å². The van der Waals surface area contributed by atoms with E-state index in [1.54, 1.807) is 12.3 Å². The number of methoxy groups -OCH3 is 1. The van der Waals surface area contributed by atoms with Gasteiger partial charge in [-0.25, -0.2) is 15.0 Å². The van der Waals surface area contributed by atoms with E-state index in [1.807, 2.05) is 6.07 Å². The van der Waals surface area contributed by atoms with Crippen molar-refractivity contribution in [3.63, 3.8) is 0 Å². The molecule has 1 fully saturated rings. The molecule has 0 bridgehead atoms. The van der Waals surface area contributed by atoms with E-state index in [-0.39, 0.29) is 29.5 Å². The maximum atomic E-state index is 13.0. The molecular weight excluding hydrogens is 439 g/mol. The summed E-state index contributed by atoms with van der Waals surface area (Å²) in [6.45, 7) is 5.71. The van der Waals surface area contributed by atoms with Crippen molar-refractivity contribution in [2.75, 3.05) is 30.4 Å². The van der Waals surface area contributed by atoms with Crippen LogP contribution in [0.5, 0.6) is 6.01 Å². The molecule has 0 saturated carbocycles. The normalized spacial score (nSPS) is 18.9. The first-order valence-corrected chi connectivity index (χ1v) is 10.2. The van der Waals surface area contributed by atoms with Crippen molar-refractivity contribution in [2.45, 2.75) is 32.1 Å². The predicted molar refractivity (Wildman–Crippen MR) is 115 cm³/mol. The average Bonchev–Trinajstić information content (AvgIpc) is 2.77. The molecule has 2 unspecified atom stereocenters. The number of halogens is 3. The number of nitrogens with zero attached hydrogens (tertiary/aromatic N) is 5. The van der Waals surface area contributed by atoms with Crippen molar-refractivity contribution in [1.29, 1.82) is 0 Å². The maximum Gasteiger partial charge on any atom is 0.434 e. The molecule has 2 atom stereocenters. The van der Waals surface area contributed by atoms with Crippen LogP contribution in [0.15, 0.2) is 30.7 Å². The highest BCUT2D eigenvalue weighted by Crippen LogP contribution is 2.31. The van der Waals surface area contributed by atoms with Gasteiger partial charge in [-0.1, -0.05) is 0 Å². The molecule has 174 valence electrons. The number of benzene rings is 1. The summed E-state index contributed by atoms with van der Waals surface area (Å²) in [7, 11) is 1.42. The van der Waals surface area contributed by atoms with Gasteiger partial charge in [0.1, 0.15) is 0 Å². The Morgan fingerprint density at radius 2 is 1.85 bits per heavy atom. The Balaban J connectivity index is 1.69. The van der Waals surface area contributed by atoms with Crippen molar-refractivity contribution in [3.8, 4) is 6.01 Å². The lowest BCUT2D eigenvalue weighted by atomic mass is 10.0. The highest BCUT2D eigenvalue weighted by molar-refractivity contribution is 6.13. The van der Waals surface area contributed by atoms with Crippen LogP contribution >= 0.6 is 0 Å². The zero-order valence-corrected chi connectivity index (χ0v) is 18.1. The number of carbonyl (C=O) groups excluding carboxylic acids is 1. The Morgan fingerprint density at radius 3 is 2.45 bits per heavy atom. The van der Waals surface area contributed by atoms with Gasteiger partial charge in [0.25, 0.3) is 5.91 Å². The number of alkyl halides is 3. The predicted octanol–water partition coefficient (Wildman–Crippen LogP) is 2.89. The van der Waals surface area contributed by atoms with Gasteiger partial charge in [-0.2, -0.15) is 18.2 Å². The fraction of sp³-hybridized carbons (Fsp3) is 0.381. The minimum Gasteiger partial charge on any atom is -0.467 e. The summed E-state index contributed by atoms with van der Waals surface area (Å²) < 4.78 is 43.3. The minimum atomic E-state index is -4.62. The molecule has 4 rings (SSSR count). The van der Waals surface area contributed by atoms with Crippen molar-refractivity contribution in [3.05, 3.63) is 42.0 Å². The van der Waals surface area contributed by atoms with Crippen molar-refractivity contribution >= 4 is 28.3 Å². The lowest BCUT2D eigenvalue weighted by molar-refractivity contribution is -0.141. The van der Waals surface area contributed by atoms with Crippen molar-refractivity contribution in [2.24, 2.45) is 0 Å². The lowest BCUT2D eigenvalue weighted by Gasteiger charge is -2.38. The van der Waals surface area contributed by atoms with Gasteiger partial charge in [0.15, 0.2) is 11.5 Å². The fourth-order valence-electron chi connectivity index (χ4n) is 3.89. The number of aromatic nitrogens is 4. The van der Waals surface area contributed by atoms with Crippen LogP contribution in [0.4, 0.5) is 24.7 Å². The van der Waals surface area contributed by atoms with Gasteiger partial charge in [-0.15, -0.1) is 0 Å².